The largest absolute Gasteiger partial charge is 0.462 e. The molecule has 6 nitrogen and oxygen atoms in total. The third kappa shape index (κ3) is 58.8. The van der Waals surface area contributed by atoms with Gasteiger partial charge in [0.2, 0.25) is 0 Å². The zero-order valence-electron chi connectivity index (χ0n) is 47.6. The molecule has 0 radical (unpaired) electrons. The third-order valence-electron chi connectivity index (χ3n) is 12.8. The maximum Gasteiger partial charge on any atom is 0.306 e. The molecule has 0 heterocycles. The molecule has 0 fully saturated rings. The molecule has 0 aromatic heterocycles. The van der Waals surface area contributed by atoms with Crippen molar-refractivity contribution < 1.29 is 28.6 Å². The molecule has 0 rings (SSSR count). The highest BCUT2D eigenvalue weighted by atomic mass is 16.6. The van der Waals surface area contributed by atoms with Crippen LogP contribution in [0.1, 0.15) is 278 Å². The van der Waals surface area contributed by atoms with Crippen LogP contribution in [0.25, 0.3) is 0 Å². The minimum atomic E-state index is -0.802. The van der Waals surface area contributed by atoms with Gasteiger partial charge in [0.05, 0.1) is 0 Å². The first-order valence-electron chi connectivity index (χ1n) is 30.4. The van der Waals surface area contributed by atoms with Crippen LogP contribution < -0.4 is 0 Å². The van der Waals surface area contributed by atoms with E-state index in [9.17, 15) is 14.4 Å². The summed E-state index contributed by atoms with van der Waals surface area (Å²) >= 11 is 0. The Balaban J connectivity index is 4.42. The quantitative estimate of drug-likeness (QED) is 0.0261. The maximum atomic E-state index is 12.9. The molecular formula is C67H112O6. The molecule has 1 unspecified atom stereocenters. The molecule has 0 aromatic rings. The van der Waals surface area contributed by atoms with E-state index in [1.165, 1.54) is 103 Å². The Hall–Kier alpha value is -3.93. The fourth-order valence-corrected chi connectivity index (χ4v) is 8.28. The highest BCUT2D eigenvalue weighted by molar-refractivity contribution is 5.71. The predicted octanol–water partition coefficient (Wildman–Crippen LogP) is 20.7. The van der Waals surface area contributed by atoms with Crippen molar-refractivity contribution in [1.82, 2.24) is 0 Å². The first kappa shape index (κ1) is 69.1. The van der Waals surface area contributed by atoms with Crippen LogP contribution in [0.15, 0.2) is 109 Å². The zero-order chi connectivity index (χ0) is 52.9. The number of carbonyl (C=O) groups excluding carboxylic acids is 3. The minimum Gasteiger partial charge on any atom is -0.462 e. The Kier molecular flexibility index (Phi) is 57.4. The molecule has 0 spiro atoms. The van der Waals surface area contributed by atoms with Crippen molar-refractivity contribution >= 4 is 17.9 Å². The number of hydrogen-bond donors (Lipinski definition) is 0. The maximum absolute atomic E-state index is 12.9. The molecule has 0 N–H and O–H groups in total. The van der Waals surface area contributed by atoms with E-state index in [4.69, 9.17) is 14.2 Å². The second-order valence-electron chi connectivity index (χ2n) is 19.9. The third-order valence-corrected chi connectivity index (χ3v) is 12.8. The van der Waals surface area contributed by atoms with Crippen LogP contribution in [0.5, 0.6) is 0 Å². The van der Waals surface area contributed by atoms with Crippen LogP contribution in [-0.4, -0.2) is 37.2 Å². The Morgan fingerprint density at radius 3 is 0.849 bits per heavy atom. The van der Waals surface area contributed by atoms with Gasteiger partial charge in [-0.15, -0.1) is 0 Å². The van der Waals surface area contributed by atoms with Gasteiger partial charge < -0.3 is 14.2 Å². The zero-order valence-corrected chi connectivity index (χ0v) is 47.6. The Bertz CT molecular complexity index is 1490. The van der Waals surface area contributed by atoms with Crippen molar-refractivity contribution in [2.75, 3.05) is 13.2 Å². The molecule has 1 atom stereocenters. The van der Waals surface area contributed by atoms with Crippen molar-refractivity contribution in [3.8, 4) is 0 Å². The van der Waals surface area contributed by atoms with Crippen LogP contribution in [0.2, 0.25) is 0 Å². The number of rotatable bonds is 54. The highest BCUT2D eigenvalue weighted by Crippen LogP contribution is 2.16. The van der Waals surface area contributed by atoms with Gasteiger partial charge in [-0.1, -0.05) is 265 Å². The second kappa shape index (κ2) is 60.6. The van der Waals surface area contributed by atoms with Gasteiger partial charge in [-0.05, 0) is 103 Å². The van der Waals surface area contributed by atoms with E-state index in [-0.39, 0.29) is 31.1 Å². The summed E-state index contributed by atoms with van der Waals surface area (Å²) in [5, 5.41) is 0. The number of carbonyl (C=O) groups is 3. The van der Waals surface area contributed by atoms with E-state index in [1.807, 2.05) is 0 Å². The van der Waals surface area contributed by atoms with Gasteiger partial charge in [0.15, 0.2) is 6.10 Å². The molecule has 0 amide bonds. The Morgan fingerprint density at radius 2 is 0.534 bits per heavy atom. The van der Waals surface area contributed by atoms with E-state index in [1.54, 1.807) is 0 Å². The highest BCUT2D eigenvalue weighted by Gasteiger charge is 2.19. The fraction of sp³-hybridized carbons (Fsp3) is 0.687. The lowest BCUT2D eigenvalue weighted by Gasteiger charge is -2.18. The smallest absolute Gasteiger partial charge is 0.306 e. The summed E-state index contributed by atoms with van der Waals surface area (Å²) in [6.45, 7) is 6.38. The van der Waals surface area contributed by atoms with Crippen LogP contribution >= 0.6 is 0 Å². The number of unbranched alkanes of at least 4 members (excludes halogenated alkanes) is 25. The van der Waals surface area contributed by atoms with E-state index in [0.717, 1.165) is 135 Å². The molecule has 0 saturated heterocycles. The summed E-state index contributed by atoms with van der Waals surface area (Å²) < 4.78 is 16.9. The van der Waals surface area contributed by atoms with Crippen LogP contribution in [0.4, 0.5) is 0 Å². The predicted molar refractivity (Wildman–Crippen MR) is 316 cm³/mol. The van der Waals surface area contributed by atoms with Crippen molar-refractivity contribution in [3.63, 3.8) is 0 Å². The summed E-state index contributed by atoms with van der Waals surface area (Å²) in [7, 11) is 0. The van der Waals surface area contributed by atoms with Gasteiger partial charge in [-0.25, -0.2) is 0 Å². The average molecular weight is 1010 g/mol. The average Bonchev–Trinajstić information content (AvgIpc) is 3.39. The number of hydrogen-bond acceptors (Lipinski definition) is 6. The van der Waals surface area contributed by atoms with E-state index in [2.05, 4.69) is 130 Å². The summed E-state index contributed by atoms with van der Waals surface area (Å²) in [4.78, 5) is 38.2. The molecule has 6 heteroatoms. The van der Waals surface area contributed by atoms with Crippen LogP contribution in [0, 0.1) is 0 Å². The topological polar surface area (TPSA) is 78.9 Å². The van der Waals surface area contributed by atoms with Gasteiger partial charge in [-0.3, -0.25) is 14.4 Å². The van der Waals surface area contributed by atoms with Crippen LogP contribution in [0.3, 0.4) is 0 Å². The first-order chi connectivity index (χ1) is 36.0. The normalized spacial score (nSPS) is 12.9. The molecule has 0 aliphatic heterocycles. The van der Waals surface area contributed by atoms with Gasteiger partial charge >= 0.3 is 17.9 Å². The minimum absolute atomic E-state index is 0.101. The monoisotopic (exact) mass is 1010 g/mol. The standard InChI is InChI=1S/C67H112O6/c1-4-7-10-13-16-19-22-25-27-29-31-32-33-34-36-37-39-42-45-48-51-54-57-60-66(69)72-63-64(62-71-65(68)59-56-53-50-47-44-41-24-21-18-15-12-9-6-3)73-67(70)61-58-55-52-49-46-43-40-38-35-30-28-26-23-20-17-14-11-8-5-2/h7,9-10,12,16,18-19,21,25,27,31-32,34,36,39,41-42,44,64H,4-6,8,11,13-15,17,20,22-24,26,28-30,33,35,37-38,40,43,45-63H2,1-3H3/b10-7-,12-9-,19-16-,21-18-,27-25-,32-31-,36-34-,42-39-,44-41-. The van der Waals surface area contributed by atoms with Crippen molar-refractivity contribution in [2.45, 2.75) is 284 Å². The molecule has 416 valence electrons. The summed E-state index contributed by atoms with van der Waals surface area (Å²) in [5.74, 6) is -0.946. The van der Waals surface area contributed by atoms with Gasteiger partial charge in [0, 0.05) is 19.3 Å². The SMILES string of the molecule is CC/C=C\C/C=C\C/C=C\C/C=C\C/C=C\C/C=C\CCCCCCC(=O)OCC(COC(=O)CCCCC/C=C\C/C=C\C/C=C\CC)OC(=O)CCCCCCCCCCCCCCCCCCCCC. The molecule has 0 aromatic carbocycles. The number of allylic oxidation sites excluding steroid dienone is 18. The van der Waals surface area contributed by atoms with Crippen LogP contribution in [-0.2, 0) is 28.6 Å². The summed E-state index contributed by atoms with van der Waals surface area (Å²) in [6, 6.07) is 0. The molecule has 0 aliphatic rings. The van der Waals surface area contributed by atoms with E-state index < -0.39 is 6.10 Å². The van der Waals surface area contributed by atoms with E-state index >= 15 is 0 Å². The lowest BCUT2D eigenvalue weighted by Crippen LogP contribution is -2.30. The van der Waals surface area contributed by atoms with Crippen molar-refractivity contribution in [1.29, 1.82) is 0 Å². The van der Waals surface area contributed by atoms with Gasteiger partial charge in [0.1, 0.15) is 13.2 Å². The van der Waals surface area contributed by atoms with Gasteiger partial charge in [0.25, 0.3) is 0 Å². The summed E-state index contributed by atoms with van der Waals surface area (Å²) in [6.07, 6.45) is 82.3. The lowest BCUT2D eigenvalue weighted by atomic mass is 10.0. The van der Waals surface area contributed by atoms with E-state index in [0.29, 0.717) is 19.3 Å². The molecule has 0 aliphatic carbocycles. The molecular weight excluding hydrogens is 901 g/mol. The molecule has 0 saturated carbocycles. The number of ether oxygens (including phenoxy) is 3. The van der Waals surface area contributed by atoms with Gasteiger partial charge in [-0.2, -0.15) is 0 Å². The van der Waals surface area contributed by atoms with Crippen molar-refractivity contribution in [2.24, 2.45) is 0 Å². The fourth-order valence-electron chi connectivity index (χ4n) is 8.28. The second-order valence-corrected chi connectivity index (χ2v) is 19.9. The lowest BCUT2D eigenvalue weighted by molar-refractivity contribution is -0.167. The summed E-state index contributed by atoms with van der Waals surface area (Å²) in [5.41, 5.74) is 0. The Labute approximate surface area is 450 Å². The Morgan fingerprint density at radius 1 is 0.288 bits per heavy atom. The van der Waals surface area contributed by atoms with Crippen molar-refractivity contribution in [3.05, 3.63) is 109 Å². The number of esters is 3. The first-order valence-corrected chi connectivity index (χ1v) is 30.4. The molecule has 0 bridgehead atoms. The molecule has 73 heavy (non-hydrogen) atoms.